The minimum atomic E-state index is -2.89. The van der Waals surface area contributed by atoms with Crippen LogP contribution in [-0.4, -0.2) is 38.4 Å². The normalized spacial score (nSPS) is 18.6. The van der Waals surface area contributed by atoms with Crippen LogP contribution in [0.15, 0.2) is 24.3 Å². The molecule has 0 aliphatic carbocycles. The number of benzene rings is 1. The van der Waals surface area contributed by atoms with Crippen LogP contribution in [0.1, 0.15) is 12.8 Å². The molecule has 110 valence electrons. The molecule has 0 unspecified atom stereocenters. The minimum Gasteiger partial charge on any atom is -0.325 e. The van der Waals surface area contributed by atoms with Crippen molar-refractivity contribution in [3.8, 4) is 0 Å². The molecule has 1 aromatic rings. The molecule has 1 saturated heterocycles. The highest BCUT2D eigenvalue weighted by Crippen LogP contribution is 2.12. The first-order valence-corrected chi connectivity index (χ1v) is 8.26. The van der Waals surface area contributed by atoms with Crippen molar-refractivity contribution in [2.24, 2.45) is 0 Å². The van der Waals surface area contributed by atoms with Gasteiger partial charge in [0.2, 0.25) is 5.91 Å². The van der Waals surface area contributed by atoms with Gasteiger partial charge >= 0.3 is 0 Å². The number of amides is 1. The number of hydrogen-bond acceptors (Lipinski definition) is 4. The van der Waals surface area contributed by atoms with Crippen LogP contribution in [0.3, 0.4) is 0 Å². The molecule has 2 rings (SSSR count). The molecule has 20 heavy (non-hydrogen) atoms. The van der Waals surface area contributed by atoms with Gasteiger partial charge in [0.05, 0.1) is 18.1 Å². The molecule has 0 aromatic heterocycles. The fourth-order valence-corrected chi connectivity index (χ4v) is 3.59. The zero-order chi connectivity index (χ0) is 14.6. The van der Waals surface area contributed by atoms with E-state index in [0.29, 0.717) is 18.5 Å². The number of nitrogens with one attached hydrogen (secondary N) is 2. The van der Waals surface area contributed by atoms with Crippen molar-refractivity contribution >= 4 is 21.4 Å². The van der Waals surface area contributed by atoms with Gasteiger partial charge in [0.1, 0.15) is 15.7 Å². The van der Waals surface area contributed by atoms with Crippen LogP contribution in [0.25, 0.3) is 0 Å². The minimum absolute atomic E-state index is 0.0387. The van der Waals surface area contributed by atoms with Crippen molar-refractivity contribution in [2.75, 3.05) is 23.4 Å². The number of carbonyl (C=O) groups is 1. The molecule has 1 amide bonds. The van der Waals surface area contributed by atoms with Gasteiger partial charge in [0.25, 0.3) is 0 Å². The Morgan fingerprint density at radius 2 is 2.00 bits per heavy atom. The van der Waals surface area contributed by atoms with E-state index in [9.17, 15) is 17.6 Å². The molecule has 0 spiro atoms. The summed E-state index contributed by atoms with van der Waals surface area (Å²) in [6.45, 7) is 0.0846. The van der Waals surface area contributed by atoms with E-state index < -0.39 is 15.7 Å². The predicted octanol–water partition coefficient (Wildman–Crippen LogP) is 0.931. The van der Waals surface area contributed by atoms with Crippen molar-refractivity contribution < 1.29 is 17.6 Å². The van der Waals surface area contributed by atoms with Gasteiger partial charge in [-0.3, -0.25) is 4.79 Å². The molecule has 1 aliphatic rings. The van der Waals surface area contributed by atoms with Crippen molar-refractivity contribution in [3.63, 3.8) is 0 Å². The summed E-state index contributed by atoms with van der Waals surface area (Å²) in [5.41, 5.74) is 0.406. The molecule has 5 nitrogen and oxygen atoms in total. The molecule has 2 N–H and O–H groups in total. The first kappa shape index (κ1) is 14.9. The van der Waals surface area contributed by atoms with Gasteiger partial charge in [-0.05, 0) is 31.0 Å². The largest absolute Gasteiger partial charge is 0.325 e. The van der Waals surface area contributed by atoms with Crippen LogP contribution < -0.4 is 10.6 Å². The van der Waals surface area contributed by atoms with E-state index in [0.717, 1.165) is 0 Å². The topological polar surface area (TPSA) is 75.3 Å². The van der Waals surface area contributed by atoms with Gasteiger partial charge in [0, 0.05) is 11.7 Å². The van der Waals surface area contributed by atoms with Gasteiger partial charge in [-0.25, -0.2) is 12.8 Å². The summed E-state index contributed by atoms with van der Waals surface area (Å²) in [7, 11) is -2.89. The van der Waals surface area contributed by atoms with Crippen molar-refractivity contribution in [1.29, 1.82) is 0 Å². The number of hydrogen-bond donors (Lipinski definition) is 2. The lowest BCUT2D eigenvalue weighted by molar-refractivity contribution is -0.115. The fourth-order valence-electron chi connectivity index (χ4n) is 2.10. The van der Waals surface area contributed by atoms with Crippen LogP contribution in [0.2, 0.25) is 0 Å². The molecule has 1 aliphatic heterocycles. The molecule has 7 heteroatoms. The molecule has 0 atom stereocenters. The summed E-state index contributed by atoms with van der Waals surface area (Å²) < 4.78 is 35.5. The number of anilines is 1. The van der Waals surface area contributed by atoms with Crippen molar-refractivity contribution in [3.05, 3.63) is 30.1 Å². The lowest BCUT2D eigenvalue weighted by Crippen LogP contribution is -2.41. The van der Waals surface area contributed by atoms with Crippen LogP contribution >= 0.6 is 0 Å². The molecule has 0 bridgehead atoms. The molecule has 1 heterocycles. The summed E-state index contributed by atoms with van der Waals surface area (Å²) in [4.78, 5) is 11.7. The maximum Gasteiger partial charge on any atom is 0.238 e. The zero-order valence-electron chi connectivity index (χ0n) is 10.9. The van der Waals surface area contributed by atoms with Gasteiger partial charge in [-0.2, -0.15) is 0 Å². The van der Waals surface area contributed by atoms with E-state index in [-0.39, 0.29) is 30.0 Å². The Bertz CT molecular complexity index is 575. The molecule has 0 saturated carbocycles. The third-order valence-electron chi connectivity index (χ3n) is 3.21. The molecule has 1 aromatic carbocycles. The first-order chi connectivity index (χ1) is 9.44. The number of sulfone groups is 1. The summed E-state index contributed by atoms with van der Waals surface area (Å²) in [5, 5.41) is 5.60. The fraction of sp³-hybridized carbons (Fsp3) is 0.462. The van der Waals surface area contributed by atoms with E-state index >= 15 is 0 Å². The highest BCUT2D eigenvalue weighted by Gasteiger charge is 2.23. The molecule has 0 radical (unpaired) electrons. The Hall–Kier alpha value is -1.47. The summed E-state index contributed by atoms with van der Waals surface area (Å²) in [5.74, 6) is -0.357. The highest BCUT2D eigenvalue weighted by molar-refractivity contribution is 7.91. The second-order valence-corrected chi connectivity index (χ2v) is 7.17. The third kappa shape index (κ3) is 4.57. The quantitative estimate of drug-likeness (QED) is 0.867. The zero-order valence-corrected chi connectivity index (χ0v) is 11.7. The predicted molar refractivity (Wildman–Crippen MR) is 74.7 cm³/mol. The van der Waals surface area contributed by atoms with Gasteiger partial charge in [-0.1, -0.05) is 6.07 Å². The van der Waals surface area contributed by atoms with E-state index in [1.54, 1.807) is 6.07 Å². The molecule has 1 fully saturated rings. The number of halogens is 1. The van der Waals surface area contributed by atoms with Gasteiger partial charge in [0.15, 0.2) is 0 Å². The smallest absolute Gasteiger partial charge is 0.238 e. The summed E-state index contributed by atoms with van der Waals surface area (Å²) in [6.07, 6.45) is 1.05. The average molecular weight is 300 g/mol. The third-order valence-corrected chi connectivity index (χ3v) is 4.93. The van der Waals surface area contributed by atoms with Crippen LogP contribution in [-0.2, 0) is 14.6 Å². The second kappa shape index (κ2) is 6.32. The summed E-state index contributed by atoms with van der Waals surface area (Å²) >= 11 is 0. The summed E-state index contributed by atoms with van der Waals surface area (Å²) in [6, 6.07) is 5.71. The van der Waals surface area contributed by atoms with E-state index in [2.05, 4.69) is 10.6 Å². The standard InChI is InChI=1S/C13H17FN2O3S/c14-10-2-1-3-12(8-10)16-13(17)9-15-11-4-6-20(18,19)7-5-11/h1-3,8,11,15H,4-7,9H2,(H,16,17). The van der Waals surface area contributed by atoms with Crippen LogP contribution in [0, 0.1) is 5.82 Å². The van der Waals surface area contributed by atoms with E-state index in [1.807, 2.05) is 0 Å². The second-order valence-electron chi connectivity index (χ2n) is 4.87. The Kier molecular flexibility index (Phi) is 4.72. The maximum atomic E-state index is 12.9. The Morgan fingerprint density at radius 3 is 2.65 bits per heavy atom. The monoisotopic (exact) mass is 300 g/mol. The van der Waals surface area contributed by atoms with Gasteiger partial charge < -0.3 is 10.6 Å². The number of carbonyl (C=O) groups excluding carboxylic acids is 1. The van der Waals surface area contributed by atoms with Crippen molar-refractivity contribution in [1.82, 2.24) is 5.32 Å². The number of rotatable bonds is 4. The Balaban J connectivity index is 1.76. The Morgan fingerprint density at radius 1 is 1.30 bits per heavy atom. The van der Waals surface area contributed by atoms with E-state index in [1.165, 1.54) is 18.2 Å². The highest BCUT2D eigenvalue weighted by atomic mass is 32.2. The van der Waals surface area contributed by atoms with Crippen molar-refractivity contribution in [2.45, 2.75) is 18.9 Å². The molecular formula is C13H17FN2O3S. The average Bonchev–Trinajstić information content (AvgIpc) is 2.37. The molecular weight excluding hydrogens is 283 g/mol. The Labute approximate surface area is 117 Å². The SMILES string of the molecule is O=C(CNC1CCS(=O)(=O)CC1)Nc1cccc(F)c1. The lowest BCUT2D eigenvalue weighted by atomic mass is 10.1. The van der Waals surface area contributed by atoms with Crippen LogP contribution in [0.5, 0.6) is 0 Å². The van der Waals surface area contributed by atoms with E-state index in [4.69, 9.17) is 0 Å². The first-order valence-electron chi connectivity index (χ1n) is 6.44. The van der Waals surface area contributed by atoms with Gasteiger partial charge in [-0.15, -0.1) is 0 Å². The van der Waals surface area contributed by atoms with Crippen LogP contribution in [0.4, 0.5) is 10.1 Å². The maximum absolute atomic E-state index is 12.9. The lowest BCUT2D eigenvalue weighted by Gasteiger charge is -2.22.